The number of rotatable bonds is 3. The van der Waals surface area contributed by atoms with Gasteiger partial charge in [-0.25, -0.2) is 0 Å². The number of likely N-dealkylation sites (N-methyl/N-ethyl adjacent to an activating group) is 1. The van der Waals surface area contributed by atoms with Crippen LogP contribution in [0.1, 0.15) is 43.4 Å². The maximum Gasteiger partial charge on any atom is 0.416 e. The first-order chi connectivity index (χ1) is 13.9. The van der Waals surface area contributed by atoms with Gasteiger partial charge in [0.05, 0.1) is 5.56 Å². The van der Waals surface area contributed by atoms with E-state index in [0.29, 0.717) is 11.3 Å². The second-order valence-electron chi connectivity index (χ2n) is 8.71. The van der Waals surface area contributed by atoms with E-state index in [1.54, 1.807) is 19.2 Å². The molecule has 1 aliphatic heterocycles. The second-order valence-corrected chi connectivity index (χ2v) is 8.71. The van der Waals surface area contributed by atoms with Crippen molar-refractivity contribution in [2.75, 3.05) is 18.9 Å². The van der Waals surface area contributed by atoms with Gasteiger partial charge in [-0.3, -0.25) is 9.59 Å². The number of nitrogens with zero attached hydrogens (tertiary/aromatic N) is 1. The Hall–Kier alpha value is -2.83. The molecule has 4 nitrogen and oxygen atoms in total. The molecule has 160 valence electrons. The molecule has 0 saturated carbocycles. The van der Waals surface area contributed by atoms with Crippen molar-refractivity contribution in [3.8, 4) is 0 Å². The van der Waals surface area contributed by atoms with E-state index in [-0.39, 0.29) is 17.9 Å². The minimum Gasteiger partial charge on any atom is -0.344 e. The lowest BCUT2D eigenvalue weighted by molar-refractivity contribution is -0.138. The smallest absolute Gasteiger partial charge is 0.344 e. The highest BCUT2D eigenvalue weighted by Crippen LogP contribution is 2.37. The molecular weight excluding hydrogens is 393 g/mol. The fourth-order valence-corrected chi connectivity index (χ4v) is 3.87. The molecule has 3 rings (SSSR count). The minimum atomic E-state index is -4.44. The van der Waals surface area contributed by atoms with E-state index in [2.05, 4.69) is 5.32 Å². The van der Waals surface area contributed by atoms with E-state index in [4.69, 9.17) is 0 Å². The van der Waals surface area contributed by atoms with Gasteiger partial charge in [0, 0.05) is 25.2 Å². The third kappa shape index (κ3) is 4.35. The number of benzene rings is 2. The summed E-state index contributed by atoms with van der Waals surface area (Å²) >= 11 is 0. The number of halogens is 3. The summed E-state index contributed by atoms with van der Waals surface area (Å²) in [4.78, 5) is 27.3. The molecule has 0 radical (unpaired) electrons. The van der Waals surface area contributed by atoms with Gasteiger partial charge >= 0.3 is 6.18 Å². The zero-order chi connectivity index (χ0) is 22.3. The van der Waals surface area contributed by atoms with Crippen molar-refractivity contribution in [1.29, 1.82) is 0 Å². The van der Waals surface area contributed by atoms with Crippen LogP contribution >= 0.6 is 0 Å². The molecule has 0 aromatic heterocycles. The Balaban J connectivity index is 1.90. The summed E-state index contributed by atoms with van der Waals surface area (Å²) in [6.07, 6.45) is -4.44. The second kappa shape index (κ2) is 7.78. The first kappa shape index (κ1) is 21.9. The Labute approximate surface area is 174 Å². The molecule has 30 heavy (non-hydrogen) atoms. The van der Waals surface area contributed by atoms with Crippen LogP contribution in [-0.4, -0.2) is 30.3 Å². The largest absolute Gasteiger partial charge is 0.416 e. The molecule has 1 N–H and O–H groups in total. The number of hydrogen-bond acceptors (Lipinski definition) is 2. The SMILES string of the molecule is CN1C[C@H](c2ccc(C(F)(F)F)cc2)[C@@H](C(=O)Nc2ccccc2C(C)(C)C)C1=O. The van der Waals surface area contributed by atoms with Gasteiger partial charge in [-0.2, -0.15) is 13.2 Å². The molecule has 0 unspecified atom stereocenters. The van der Waals surface area contributed by atoms with Gasteiger partial charge in [-0.15, -0.1) is 0 Å². The van der Waals surface area contributed by atoms with E-state index in [1.807, 2.05) is 32.9 Å². The van der Waals surface area contributed by atoms with Gasteiger partial charge in [0.2, 0.25) is 11.8 Å². The topological polar surface area (TPSA) is 49.4 Å². The quantitative estimate of drug-likeness (QED) is 0.727. The highest BCUT2D eigenvalue weighted by molar-refractivity contribution is 6.08. The van der Waals surface area contributed by atoms with Gasteiger partial charge < -0.3 is 10.2 Å². The predicted octanol–water partition coefficient (Wildman–Crippen LogP) is 4.81. The van der Waals surface area contributed by atoms with Crippen molar-refractivity contribution in [2.24, 2.45) is 5.92 Å². The van der Waals surface area contributed by atoms with Gasteiger partial charge in [0.1, 0.15) is 5.92 Å². The molecule has 7 heteroatoms. The number of anilines is 1. The Morgan fingerprint density at radius 1 is 1.03 bits per heavy atom. The van der Waals surface area contributed by atoms with E-state index < -0.39 is 29.5 Å². The Bertz CT molecular complexity index is 946. The maximum absolute atomic E-state index is 13.1. The van der Waals surface area contributed by atoms with E-state index in [0.717, 1.165) is 17.7 Å². The Kier molecular flexibility index (Phi) is 5.67. The minimum absolute atomic E-state index is 0.215. The van der Waals surface area contributed by atoms with Crippen molar-refractivity contribution in [3.05, 3.63) is 65.2 Å². The molecule has 0 bridgehead atoms. The van der Waals surface area contributed by atoms with Crippen LogP contribution in [0.2, 0.25) is 0 Å². The molecule has 2 amide bonds. The number of likely N-dealkylation sites (tertiary alicyclic amines) is 1. The maximum atomic E-state index is 13.1. The summed E-state index contributed by atoms with van der Waals surface area (Å²) in [5.74, 6) is -2.32. The molecule has 0 spiro atoms. The van der Waals surface area contributed by atoms with Crippen LogP contribution in [0, 0.1) is 5.92 Å². The van der Waals surface area contributed by atoms with Gasteiger partial charge in [0.25, 0.3) is 0 Å². The summed E-state index contributed by atoms with van der Waals surface area (Å²) in [5, 5.41) is 2.88. The van der Waals surface area contributed by atoms with Crippen LogP contribution in [0.3, 0.4) is 0 Å². The highest BCUT2D eigenvalue weighted by atomic mass is 19.4. The van der Waals surface area contributed by atoms with Crippen molar-refractivity contribution < 1.29 is 22.8 Å². The summed E-state index contributed by atoms with van der Waals surface area (Å²) in [6.45, 7) is 6.34. The van der Waals surface area contributed by atoms with Crippen LogP contribution in [0.5, 0.6) is 0 Å². The summed E-state index contributed by atoms with van der Waals surface area (Å²) in [6, 6.07) is 12.1. The molecule has 1 fully saturated rings. The fraction of sp³-hybridized carbons (Fsp3) is 0.391. The lowest BCUT2D eigenvalue weighted by Crippen LogP contribution is -2.33. The average molecular weight is 418 g/mol. The molecule has 1 saturated heterocycles. The van der Waals surface area contributed by atoms with Crippen LogP contribution in [0.4, 0.5) is 18.9 Å². The summed E-state index contributed by atoms with van der Waals surface area (Å²) in [7, 11) is 1.59. The number of carbonyl (C=O) groups excluding carboxylic acids is 2. The Morgan fingerprint density at radius 3 is 2.20 bits per heavy atom. The van der Waals surface area contributed by atoms with E-state index in [1.165, 1.54) is 17.0 Å². The number of hydrogen-bond donors (Lipinski definition) is 1. The van der Waals surface area contributed by atoms with Gasteiger partial charge in [-0.05, 0) is 34.7 Å². The lowest BCUT2D eigenvalue weighted by Gasteiger charge is -2.24. The van der Waals surface area contributed by atoms with Crippen molar-refractivity contribution in [1.82, 2.24) is 4.90 Å². The zero-order valence-electron chi connectivity index (χ0n) is 17.4. The van der Waals surface area contributed by atoms with E-state index in [9.17, 15) is 22.8 Å². The van der Waals surface area contributed by atoms with Crippen molar-refractivity contribution >= 4 is 17.5 Å². The molecular formula is C23H25F3N2O2. The van der Waals surface area contributed by atoms with Crippen molar-refractivity contribution in [2.45, 2.75) is 38.3 Å². The fourth-order valence-electron chi connectivity index (χ4n) is 3.87. The molecule has 2 atom stereocenters. The molecule has 0 aliphatic carbocycles. The third-order valence-corrected chi connectivity index (χ3v) is 5.46. The number of carbonyl (C=O) groups is 2. The normalized spacial score (nSPS) is 19.8. The molecule has 1 heterocycles. The van der Waals surface area contributed by atoms with Crippen molar-refractivity contribution in [3.63, 3.8) is 0 Å². The first-order valence-electron chi connectivity index (χ1n) is 9.72. The zero-order valence-corrected chi connectivity index (χ0v) is 17.4. The lowest BCUT2D eigenvalue weighted by atomic mass is 9.85. The number of para-hydroxylation sites is 1. The molecule has 1 aliphatic rings. The van der Waals surface area contributed by atoms with Crippen LogP contribution in [0.15, 0.2) is 48.5 Å². The standard InChI is InChI=1S/C23H25F3N2O2/c1-22(2,3)17-7-5-6-8-18(17)27-20(29)19-16(13-28(4)21(19)30)14-9-11-15(12-10-14)23(24,25)26/h5-12,16,19H,13H2,1-4H3,(H,27,29)/t16-,19+/m1/s1. The van der Waals surface area contributed by atoms with Crippen LogP contribution in [0.25, 0.3) is 0 Å². The summed E-state index contributed by atoms with van der Waals surface area (Å²) < 4.78 is 38.6. The third-order valence-electron chi connectivity index (χ3n) is 5.46. The van der Waals surface area contributed by atoms with Crippen LogP contribution in [-0.2, 0) is 21.2 Å². The molecule has 2 aromatic carbocycles. The van der Waals surface area contributed by atoms with Crippen LogP contribution < -0.4 is 5.32 Å². The Morgan fingerprint density at radius 2 is 1.63 bits per heavy atom. The average Bonchev–Trinajstić information content (AvgIpc) is 2.95. The predicted molar refractivity (Wildman–Crippen MR) is 109 cm³/mol. The highest BCUT2D eigenvalue weighted by Gasteiger charge is 2.44. The number of amides is 2. The monoisotopic (exact) mass is 418 g/mol. The van der Waals surface area contributed by atoms with Gasteiger partial charge in [-0.1, -0.05) is 51.1 Å². The van der Waals surface area contributed by atoms with E-state index >= 15 is 0 Å². The summed E-state index contributed by atoms with van der Waals surface area (Å²) in [5.41, 5.74) is 1.12. The number of alkyl halides is 3. The molecule has 2 aromatic rings. The van der Waals surface area contributed by atoms with Gasteiger partial charge in [0.15, 0.2) is 0 Å². The first-order valence-corrected chi connectivity index (χ1v) is 9.72. The number of nitrogens with one attached hydrogen (secondary N) is 1.